The van der Waals surface area contributed by atoms with E-state index >= 15 is 0 Å². The first-order chi connectivity index (χ1) is 16.4. The summed E-state index contributed by atoms with van der Waals surface area (Å²) in [6.45, 7) is 14.9. The van der Waals surface area contributed by atoms with Gasteiger partial charge in [-0.25, -0.2) is 4.79 Å². The molecule has 188 valence electrons. The number of carbonyl (C=O) groups excluding carboxylic acids is 3. The molecular formula is C28H37N3O4. The van der Waals surface area contributed by atoms with Gasteiger partial charge in [-0.3, -0.25) is 9.59 Å². The molecule has 0 heterocycles. The van der Waals surface area contributed by atoms with E-state index in [1.807, 2.05) is 62.4 Å². The standard InChI is InChI=1S/C28H37N3O4/c1-8-16-31(26(33)21(4)30-27(34)35-28(5,6)7)24(23-15-14-19(2)17-20(23)3)25(32)29-18-22-12-10-9-11-13-22/h8-15,17,21,24H,1,16,18H2,2-7H3,(H,29,32)(H,30,34). The normalized spacial score (nSPS) is 12.7. The molecule has 0 aromatic heterocycles. The first-order valence-corrected chi connectivity index (χ1v) is 11.7. The SMILES string of the molecule is C=CCN(C(=O)C(C)NC(=O)OC(C)(C)C)C(C(=O)NCc1ccccc1)c1ccc(C)cc1C. The minimum absolute atomic E-state index is 0.121. The van der Waals surface area contributed by atoms with Gasteiger partial charge < -0.3 is 20.3 Å². The lowest BCUT2D eigenvalue weighted by molar-refractivity contribution is -0.141. The van der Waals surface area contributed by atoms with Crippen LogP contribution >= 0.6 is 0 Å². The fourth-order valence-electron chi connectivity index (χ4n) is 3.72. The number of carbonyl (C=O) groups is 3. The van der Waals surface area contributed by atoms with Crippen molar-refractivity contribution in [1.82, 2.24) is 15.5 Å². The number of ether oxygens (including phenoxy) is 1. The second-order valence-corrected chi connectivity index (χ2v) is 9.61. The van der Waals surface area contributed by atoms with Crippen molar-refractivity contribution in [2.75, 3.05) is 6.54 Å². The Kier molecular flexibility index (Phi) is 9.63. The minimum atomic E-state index is -0.917. The number of benzene rings is 2. The molecule has 2 N–H and O–H groups in total. The molecule has 2 rings (SSSR count). The van der Waals surface area contributed by atoms with Crippen LogP contribution in [-0.2, 0) is 20.9 Å². The third kappa shape index (κ3) is 8.28. The maximum Gasteiger partial charge on any atom is 0.408 e. The molecule has 0 saturated carbocycles. The Morgan fingerprint density at radius 3 is 2.31 bits per heavy atom. The second kappa shape index (κ2) is 12.2. The van der Waals surface area contributed by atoms with Crippen molar-refractivity contribution in [3.05, 3.63) is 83.4 Å². The van der Waals surface area contributed by atoms with Gasteiger partial charge in [-0.15, -0.1) is 6.58 Å². The summed E-state index contributed by atoms with van der Waals surface area (Å²) < 4.78 is 5.29. The van der Waals surface area contributed by atoms with E-state index in [2.05, 4.69) is 17.2 Å². The van der Waals surface area contributed by atoms with E-state index in [0.29, 0.717) is 12.1 Å². The van der Waals surface area contributed by atoms with Crippen molar-refractivity contribution in [3.8, 4) is 0 Å². The van der Waals surface area contributed by atoms with Crippen molar-refractivity contribution in [2.45, 2.75) is 65.8 Å². The van der Waals surface area contributed by atoms with Crippen LogP contribution in [0.15, 0.2) is 61.2 Å². The molecule has 0 aliphatic heterocycles. The molecule has 2 aromatic carbocycles. The van der Waals surface area contributed by atoms with E-state index in [1.54, 1.807) is 33.8 Å². The monoisotopic (exact) mass is 479 g/mol. The quantitative estimate of drug-likeness (QED) is 0.515. The fraction of sp³-hybridized carbons (Fsp3) is 0.393. The summed E-state index contributed by atoms with van der Waals surface area (Å²) in [6.07, 6.45) is 0.868. The van der Waals surface area contributed by atoms with Crippen molar-refractivity contribution in [2.24, 2.45) is 0 Å². The highest BCUT2D eigenvalue weighted by molar-refractivity contribution is 5.92. The highest BCUT2D eigenvalue weighted by Crippen LogP contribution is 2.26. The Morgan fingerprint density at radius 2 is 1.74 bits per heavy atom. The molecule has 0 spiro atoms. The Hall–Kier alpha value is -3.61. The van der Waals surface area contributed by atoms with E-state index in [0.717, 1.165) is 16.7 Å². The maximum atomic E-state index is 13.6. The van der Waals surface area contributed by atoms with Gasteiger partial charge in [-0.2, -0.15) is 0 Å². The molecule has 0 aliphatic rings. The lowest BCUT2D eigenvalue weighted by Gasteiger charge is -2.33. The summed E-state index contributed by atoms with van der Waals surface area (Å²) >= 11 is 0. The van der Waals surface area contributed by atoms with Crippen LogP contribution in [0.3, 0.4) is 0 Å². The van der Waals surface area contributed by atoms with Crippen LogP contribution in [-0.4, -0.2) is 41.0 Å². The lowest BCUT2D eigenvalue weighted by atomic mass is 9.96. The Morgan fingerprint density at radius 1 is 1.09 bits per heavy atom. The van der Waals surface area contributed by atoms with Gasteiger partial charge in [0, 0.05) is 13.1 Å². The molecule has 0 aliphatic carbocycles. The van der Waals surface area contributed by atoms with Crippen molar-refractivity contribution < 1.29 is 19.1 Å². The third-order valence-corrected chi connectivity index (χ3v) is 5.30. The predicted octanol–water partition coefficient (Wildman–Crippen LogP) is 4.59. The Balaban J connectivity index is 2.37. The minimum Gasteiger partial charge on any atom is -0.444 e. The summed E-state index contributed by atoms with van der Waals surface area (Å²) in [5.41, 5.74) is 2.89. The number of hydrogen-bond acceptors (Lipinski definition) is 4. The van der Waals surface area contributed by atoms with E-state index in [4.69, 9.17) is 4.74 Å². The highest BCUT2D eigenvalue weighted by atomic mass is 16.6. The van der Waals surface area contributed by atoms with E-state index in [1.165, 1.54) is 4.90 Å². The van der Waals surface area contributed by atoms with E-state index in [9.17, 15) is 14.4 Å². The number of alkyl carbamates (subject to hydrolysis) is 1. The lowest BCUT2D eigenvalue weighted by Crippen LogP contribution is -2.52. The molecule has 2 atom stereocenters. The fourth-order valence-corrected chi connectivity index (χ4v) is 3.72. The summed E-state index contributed by atoms with van der Waals surface area (Å²) in [4.78, 5) is 40.8. The number of nitrogens with one attached hydrogen (secondary N) is 2. The first-order valence-electron chi connectivity index (χ1n) is 11.7. The van der Waals surface area contributed by atoms with Gasteiger partial charge in [0.2, 0.25) is 11.8 Å². The van der Waals surface area contributed by atoms with Gasteiger partial charge in [0.15, 0.2) is 0 Å². The molecule has 35 heavy (non-hydrogen) atoms. The van der Waals surface area contributed by atoms with Crippen LogP contribution in [0.2, 0.25) is 0 Å². The molecule has 0 bridgehead atoms. The Labute approximate surface area is 208 Å². The molecule has 7 nitrogen and oxygen atoms in total. The zero-order valence-electron chi connectivity index (χ0n) is 21.6. The molecule has 2 unspecified atom stereocenters. The van der Waals surface area contributed by atoms with E-state index in [-0.39, 0.29) is 12.5 Å². The number of aryl methyl sites for hydroxylation is 2. The zero-order valence-corrected chi connectivity index (χ0v) is 21.6. The summed E-state index contributed by atoms with van der Waals surface area (Å²) in [7, 11) is 0. The van der Waals surface area contributed by atoms with Crippen LogP contribution in [0.25, 0.3) is 0 Å². The number of amides is 3. The smallest absolute Gasteiger partial charge is 0.408 e. The molecule has 3 amide bonds. The molecule has 0 saturated heterocycles. The van der Waals surface area contributed by atoms with Crippen molar-refractivity contribution >= 4 is 17.9 Å². The maximum absolute atomic E-state index is 13.6. The molecule has 2 aromatic rings. The molecule has 7 heteroatoms. The number of nitrogens with zero attached hydrogens (tertiary/aromatic N) is 1. The van der Waals surface area contributed by atoms with Gasteiger partial charge in [-0.1, -0.05) is 60.2 Å². The summed E-state index contributed by atoms with van der Waals surface area (Å²) in [5.74, 6) is -0.740. The molecule has 0 fully saturated rings. The predicted molar refractivity (Wildman–Crippen MR) is 138 cm³/mol. The molecule has 0 radical (unpaired) electrons. The van der Waals surface area contributed by atoms with Crippen LogP contribution in [0.1, 0.15) is 56.0 Å². The Bertz CT molecular complexity index is 1040. The average molecular weight is 480 g/mol. The van der Waals surface area contributed by atoms with Crippen molar-refractivity contribution in [1.29, 1.82) is 0 Å². The second-order valence-electron chi connectivity index (χ2n) is 9.61. The van der Waals surface area contributed by atoms with Crippen LogP contribution in [0.4, 0.5) is 4.79 Å². The van der Waals surface area contributed by atoms with Gasteiger partial charge in [0.1, 0.15) is 17.7 Å². The topological polar surface area (TPSA) is 87.7 Å². The highest BCUT2D eigenvalue weighted by Gasteiger charge is 2.34. The van der Waals surface area contributed by atoms with Crippen molar-refractivity contribution in [3.63, 3.8) is 0 Å². The first kappa shape index (κ1) is 27.6. The van der Waals surface area contributed by atoms with Gasteiger partial charge in [0.25, 0.3) is 0 Å². The summed E-state index contributed by atoms with van der Waals surface area (Å²) in [6, 6.07) is 13.5. The number of rotatable bonds is 9. The van der Waals surface area contributed by atoms with Gasteiger partial charge >= 0.3 is 6.09 Å². The van der Waals surface area contributed by atoms with Gasteiger partial charge in [0.05, 0.1) is 0 Å². The van der Waals surface area contributed by atoms with Crippen LogP contribution in [0, 0.1) is 13.8 Å². The van der Waals surface area contributed by atoms with Crippen LogP contribution < -0.4 is 10.6 Å². The average Bonchev–Trinajstić information content (AvgIpc) is 2.77. The van der Waals surface area contributed by atoms with E-state index < -0.39 is 29.7 Å². The number of hydrogen-bond donors (Lipinski definition) is 2. The third-order valence-electron chi connectivity index (χ3n) is 5.30. The largest absolute Gasteiger partial charge is 0.444 e. The zero-order chi connectivity index (χ0) is 26.2. The van der Waals surface area contributed by atoms with Gasteiger partial charge in [-0.05, 0) is 58.2 Å². The molecular weight excluding hydrogens is 442 g/mol. The van der Waals surface area contributed by atoms with Crippen LogP contribution in [0.5, 0.6) is 0 Å². The summed E-state index contributed by atoms with van der Waals surface area (Å²) in [5, 5.41) is 5.55.